The predicted molar refractivity (Wildman–Crippen MR) is 143 cm³/mol. The molecule has 12 nitrogen and oxygen atoms in total. The van der Waals surface area contributed by atoms with E-state index in [9.17, 15) is 36.3 Å². The van der Waals surface area contributed by atoms with E-state index in [2.05, 4.69) is 10.0 Å². The van der Waals surface area contributed by atoms with E-state index in [0.29, 0.717) is 21.3 Å². The molecule has 0 unspecified atom stereocenters. The van der Waals surface area contributed by atoms with E-state index in [1.54, 1.807) is 24.3 Å². The predicted octanol–water partition coefficient (Wildman–Crippen LogP) is 2.30. The molecule has 0 fully saturated rings. The number of methoxy groups -OCH3 is 1. The summed E-state index contributed by atoms with van der Waals surface area (Å²) in [5.41, 5.74) is 0.699. The second kappa shape index (κ2) is 11.5. The Morgan fingerprint density at radius 3 is 2.25 bits per heavy atom. The van der Waals surface area contributed by atoms with Crippen LogP contribution in [0.25, 0.3) is 0 Å². The summed E-state index contributed by atoms with van der Waals surface area (Å²) >= 11 is 0. The van der Waals surface area contributed by atoms with E-state index in [-0.39, 0.29) is 34.7 Å². The first-order chi connectivity index (χ1) is 18.9. The van der Waals surface area contributed by atoms with Crippen LogP contribution >= 0.6 is 0 Å². The van der Waals surface area contributed by atoms with Crippen molar-refractivity contribution in [3.63, 3.8) is 0 Å². The fourth-order valence-electron chi connectivity index (χ4n) is 4.04. The van der Waals surface area contributed by atoms with Gasteiger partial charge in [-0.1, -0.05) is 12.1 Å². The highest BCUT2D eigenvalue weighted by Crippen LogP contribution is 2.30. The molecule has 0 aliphatic carbocycles. The smallest absolute Gasteiger partial charge is 0.321 e. The van der Waals surface area contributed by atoms with Gasteiger partial charge < -0.3 is 15.2 Å². The van der Waals surface area contributed by atoms with Crippen LogP contribution in [-0.2, 0) is 24.8 Å². The molecule has 0 radical (unpaired) electrons. The van der Waals surface area contributed by atoms with Crippen LogP contribution in [0.5, 0.6) is 5.75 Å². The van der Waals surface area contributed by atoms with Crippen molar-refractivity contribution in [3.8, 4) is 5.75 Å². The number of rotatable bonds is 11. The van der Waals surface area contributed by atoms with Gasteiger partial charge in [0.1, 0.15) is 16.7 Å². The molecule has 4 rings (SSSR count). The third-order valence-corrected chi connectivity index (χ3v) is 9.46. The van der Waals surface area contributed by atoms with Gasteiger partial charge in [0, 0.05) is 17.8 Å². The number of nitrogens with zero attached hydrogens (tertiary/aromatic N) is 1. The van der Waals surface area contributed by atoms with Crippen molar-refractivity contribution in [1.29, 1.82) is 0 Å². The molecule has 40 heavy (non-hydrogen) atoms. The SMILES string of the molecule is COc1ccc(C(=O)Nc2ccc(S(=O)(=O)N[C@H](CCCN3C(=O)c4ccccc4S3(=O)=O)C(=O)O)cc2)cc1. The number of carbonyl (C=O) groups excluding carboxylic acids is 2. The second-order valence-corrected chi connectivity index (χ2v) is 12.3. The average molecular weight is 588 g/mol. The summed E-state index contributed by atoms with van der Waals surface area (Å²) in [5.74, 6) is -2.03. The Hall–Kier alpha value is -4.27. The lowest BCUT2D eigenvalue weighted by Gasteiger charge is -2.18. The first kappa shape index (κ1) is 28.7. The lowest BCUT2D eigenvalue weighted by atomic mass is 10.1. The summed E-state index contributed by atoms with van der Waals surface area (Å²) in [4.78, 5) is 36.4. The van der Waals surface area contributed by atoms with E-state index in [0.717, 1.165) is 0 Å². The number of ether oxygens (including phenoxy) is 1. The first-order valence-electron chi connectivity index (χ1n) is 11.9. The Kier molecular flexibility index (Phi) is 8.23. The summed E-state index contributed by atoms with van der Waals surface area (Å²) in [6.07, 6.45) is -0.380. The Morgan fingerprint density at radius 2 is 1.65 bits per heavy atom. The Morgan fingerprint density at radius 1 is 1.00 bits per heavy atom. The van der Waals surface area contributed by atoms with Crippen LogP contribution in [0.15, 0.2) is 82.6 Å². The van der Waals surface area contributed by atoms with Crippen LogP contribution in [0.1, 0.15) is 33.6 Å². The number of nitrogens with one attached hydrogen (secondary N) is 2. The minimum atomic E-state index is -4.29. The molecular formula is C26H25N3O9S2. The zero-order chi connectivity index (χ0) is 29.1. The first-order valence-corrected chi connectivity index (χ1v) is 14.8. The number of sulfonamides is 2. The molecule has 210 valence electrons. The number of anilines is 1. The van der Waals surface area contributed by atoms with Crippen LogP contribution in [0.2, 0.25) is 0 Å². The fourth-order valence-corrected chi connectivity index (χ4v) is 6.87. The summed E-state index contributed by atoms with van der Waals surface area (Å²) < 4.78 is 58.8. The lowest BCUT2D eigenvalue weighted by molar-refractivity contribution is -0.139. The zero-order valence-electron chi connectivity index (χ0n) is 21.1. The molecular weight excluding hydrogens is 562 g/mol. The Bertz CT molecular complexity index is 1650. The highest BCUT2D eigenvalue weighted by atomic mass is 32.2. The van der Waals surface area contributed by atoms with E-state index in [4.69, 9.17) is 4.74 Å². The molecule has 3 aromatic carbocycles. The largest absolute Gasteiger partial charge is 0.497 e. The van der Waals surface area contributed by atoms with E-state index < -0.39 is 43.9 Å². The number of fused-ring (bicyclic) bond motifs is 1. The van der Waals surface area contributed by atoms with Crippen molar-refractivity contribution in [2.45, 2.75) is 28.7 Å². The standard InChI is InChI=1S/C26H25N3O9S2/c1-38-19-12-8-17(9-13-19)24(30)27-18-10-14-20(15-11-18)39(34,35)28-22(26(32)33)6-4-16-29-25(31)21-5-2-3-7-23(21)40(29,36)37/h2-3,5,7-15,22,28H,4,6,16H2,1H3,(H,27,30)(H,32,33)/t22-/m1/s1. The van der Waals surface area contributed by atoms with Crippen molar-refractivity contribution in [1.82, 2.24) is 9.03 Å². The molecule has 3 N–H and O–H groups in total. The molecule has 0 saturated heterocycles. The van der Waals surface area contributed by atoms with Gasteiger partial charge in [0.05, 0.1) is 17.6 Å². The average Bonchev–Trinajstić information content (AvgIpc) is 3.13. The van der Waals surface area contributed by atoms with Gasteiger partial charge in [0.15, 0.2) is 0 Å². The Labute approximate surface area is 230 Å². The molecule has 1 atom stereocenters. The maximum absolute atomic E-state index is 12.9. The number of hydrogen-bond acceptors (Lipinski definition) is 8. The number of amides is 2. The van der Waals surface area contributed by atoms with E-state index in [1.807, 2.05) is 0 Å². The highest BCUT2D eigenvalue weighted by Gasteiger charge is 2.40. The summed E-state index contributed by atoms with van der Waals surface area (Å²) in [5, 5.41) is 12.2. The molecule has 0 saturated carbocycles. The molecule has 0 bridgehead atoms. The molecule has 1 aliphatic rings. The molecule has 0 aromatic heterocycles. The third kappa shape index (κ3) is 5.98. The third-order valence-electron chi connectivity index (χ3n) is 6.14. The Balaban J connectivity index is 1.37. The lowest BCUT2D eigenvalue weighted by Crippen LogP contribution is -2.41. The van der Waals surface area contributed by atoms with E-state index >= 15 is 0 Å². The number of hydrogen-bond donors (Lipinski definition) is 3. The summed E-state index contributed by atoms with van der Waals surface area (Å²) in [7, 11) is -6.86. The van der Waals surface area contributed by atoms with Gasteiger partial charge in [-0.3, -0.25) is 14.4 Å². The minimum Gasteiger partial charge on any atom is -0.497 e. The van der Waals surface area contributed by atoms with Gasteiger partial charge in [-0.25, -0.2) is 21.1 Å². The van der Waals surface area contributed by atoms with Crippen molar-refractivity contribution in [3.05, 3.63) is 83.9 Å². The minimum absolute atomic E-state index is 0.0293. The van der Waals surface area contributed by atoms with Gasteiger partial charge in [0.25, 0.3) is 21.8 Å². The normalized spacial score (nSPS) is 14.8. The van der Waals surface area contributed by atoms with Crippen molar-refractivity contribution < 1.29 is 41.1 Å². The molecule has 2 amide bonds. The molecule has 1 heterocycles. The van der Waals surface area contributed by atoms with Crippen LogP contribution in [-0.4, -0.2) is 63.7 Å². The van der Waals surface area contributed by atoms with Crippen LogP contribution in [0.3, 0.4) is 0 Å². The van der Waals surface area contributed by atoms with Gasteiger partial charge in [-0.05, 0) is 73.5 Å². The fraction of sp³-hybridized carbons (Fsp3) is 0.192. The topological polar surface area (TPSA) is 176 Å². The molecule has 1 aliphatic heterocycles. The van der Waals surface area contributed by atoms with Crippen molar-refractivity contribution in [2.75, 3.05) is 19.0 Å². The summed E-state index contributed by atoms with van der Waals surface area (Å²) in [6, 6.07) is 15.6. The maximum Gasteiger partial charge on any atom is 0.321 e. The van der Waals surface area contributed by atoms with E-state index in [1.165, 1.54) is 55.6 Å². The number of carbonyl (C=O) groups is 3. The molecule has 14 heteroatoms. The number of aliphatic carboxylic acids is 1. The van der Waals surface area contributed by atoms with Gasteiger partial charge in [0.2, 0.25) is 10.0 Å². The van der Waals surface area contributed by atoms with Gasteiger partial charge in [-0.2, -0.15) is 4.72 Å². The molecule has 0 spiro atoms. The molecule has 3 aromatic rings. The number of benzene rings is 3. The maximum atomic E-state index is 12.9. The van der Waals surface area contributed by atoms with Crippen LogP contribution in [0.4, 0.5) is 5.69 Å². The van der Waals surface area contributed by atoms with Crippen LogP contribution in [0, 0.1) is 0 Å². The van der Waals surface area contributed by atoms with Gasteiger partial charge >= 0.3 is 5.97 Å². The monoisotopic (exact) mass is 587 g/mol. The highest BCUT2D eigenvalue weighted by molar-refractivity contribution is 7.90. The number of carboxylic acids is 1. The second-order valence-electron chi connectivity index (χ2n) is 8.74. The van der Waals surface area contributed by atoms with Crippen molar-refractivity contribution >= 4 is 43.5 Å². The van der Waals surface area contributed by atoms with Crippen molar-refractivity contribution in [2.24, 2.45) is 0 Å². The van der Waals surface area contributed by atoms with Crippen LogP contribution < -0.4 is 14.8 Å². The summed E-state index contributed by atoms with van der Waals surface area (Å²) in [6.45, 7) is -0.316. The van der Waals surface area contributed by atoms with Gasteiger partial charge in [-0.15, -0.1) is 0 Å². The zero-order valence-corrected chi connectivity index (χ0v) is 22.7. The number of carboxylic acid groups (broad SMARTS) is 1. The quantitative estimate of drug-likeness (QED) is 0.304.